The van der Waals surface area contributed by atoms with Crippen molar-refractivity contribution in [3.63, 3.8) is 0 Å². The first-order valence-corrected chi connectivity index (χ1v) is 13.5. The van der Waals surface area contributed by atoms with E-state index in [1.807, 2.05) is 0 Å². The van der Waals surface area contributed by atoms with E-state index in [0.717, 1.165) is 11.8 Å². The van der Waals surface area contributed by atoms with Crippen LogP contribution in [0.2, 0.25) is 8.87 Å². The van der Waals surface area contributed by atoms with Crippen LogP contribution in [0.25, 0.3) is 0 Å². The summed E-state index contributed by atoms with van der Waals surface area (Å²) >= 11 is 5.64. The third-order valence-electron chi connectivity index (χ3n) is 2.09. The normalized spacial score (nSPS) is 9.62. The first-order valence-electron chi connectivity index (χ1n) is 6.94. The zero-order chi connectivity index (χ0) is 16.5. The zero-order valence-corrected chi connectivity index (χ0v) is 18.1. The summed E-state index contributed by atoms with van der Waals surface area (Å²) in [5.41, 5.74) is 0. The molecule has 0 saturated heterocycles. The topological polar surface area (TPSA) is 74.6 Å². The Bertz CT molecular complexity index is 275. The van der Waals surface area contributed by atoms with Crippen molar-refractivity contribution in [2.45, 2.75) is 48.4 Å². The predicted octanol–water partition coefficient (Wildman–Crippen LogP) is 2.20. The number of unbranched alkanes of at least 4 members (excludes halogenated alkanes) is 2. The maximum atomic E-state index is 10.1. The zero-order valence-electron chi connectivity index (χ0n) is 12.7. The number of carbonyl (C=O) groups is 2. The van der Waals surface area contributed by atoms with E-state index < -0.39 is 11.9 Å². The van der Waals surface area contributed by atoms with E-state index in [2.05, 4.69) is 26.1 Å². The number of hydrogen-bond donors (Lipinski definition) is 2. The minimum atomic E-state index is -0.933. The number of carboxylic acids is 2. The summed E-state index contributed by atoms with van der Waals surface area (Å²) in [6, 6.07) is 0. The van der Waals surface area contributed by atoms with Crippen molar-refractivity contribution < 1.29 is 19.8 Å². The molecule has 0 rings (SSSR count). The largest absolute Gasteiger partial charge is 0.481 e. The van der Waals surface area contributed by atoms with Crippen LogP contribution in [0.4, 0.5) is 0 Å². The number of carboxylic acid groups (broad SMARTS) is 2. The van der Waals surface area contributed by atoms with E-state index in [4.69, 9.17) is 10.2 Å². The molecule has 0 bridgehead atoms. The second kappa shape index (κ2) is 18.6. The first kappa shape index (κ1) is 23.8. The quantitative estimate of drug-likeness (QED) is 0.172. The van der Waals surface area contributed by atoms with Gasteiger partial charge in [0.15, 0.2) is 0 Å². The number of rotatable bonds is 10. The Kier molecular flexibility index (Phi) is 21.0. The molecule has 0 aliphatic rings. The van der Waals surface area contributed by atoms with Crippen LogP contribution >= 0.6 is 11.8 Å². The molecule has 0 atom stereocenters. The summed E-state index contributed by atoms with van der Waals surface area (Å²) < 4.78 is 3.76. The minimum absolute atomic E-state index is 0.0363. The van der Waals surface area contributed by atoms with Gasteiger partial charge in [0.2, 0.25) is 18.0 Å². The van der Waals surface area contributed by atoms with Crippen molar-refractivity contribution in [2.24, 2.45) is 0 Å². The van der Waals surface area contributed by atoms with Gasteiger partial charge in [-0.3, -0.25) is 4.79 Å². The Labute approximate surface area is 151 Å². The van der Waals surface area contributed by atoms with Crippen molar-refractivity contribution in [1.29, 1.82) is 0 Å². The van der Waals surface area contributed by atoms with Gasteiger partial charge >= 0.3 is 85.0 Å². The van der Waals surface area contributed by atoms with Gasteiger partial charge in [-0.15, -0.1) is 0 Å². The van der Waals surface area contributed by atoms with Crippen molar-refractivity contribution in [3.05, 3.63) is 0 Å². The molecule has 0 aromatic carbocycles. The smallest absolute Gasteiger partial charge is 0.428 e. The average Bonchev–Trinajstić information content (AvgIpc) is 2.43. The van der Waals surface area contributed by atoms with Gasteiger partial charge in [0.05, 0.1) is 11.8 Å². The molecule has 0 unspecified atom stereocenters. The molecular weight excluding hydrogens is 435 g/mol. The minimum Gasteiger partial charge on any atom is -0.481 e. The van der Waals surface area contributed by atoms with Gasteiger partial charge in [0.1, 0.15) is 5.75 Å². The molecule has 21 heavy (non-hydrogen) atoms. The van der Waals surface area contributed by atoms with Crippen LogP contribution in [-0.4, -0.2) is 58.3 Å². The second-order valence-corrected chi connectivity index (χ2v) is 11.9. The Balaban J connectivity index is 0. The van der Waals surface area contributed by atoms with Crippen molar-refractivity contribution in [2.75, 3.05) is 11.5 Å². The van der Waals surface area contributed by atoms with E-state index >= 15 is 0 Å². The Morgan fingerprint density at radius 1 is 1.10 bits per heavy atom. The van der Waals surface area contributed by atoms with Crippen LogP contribution in [0, 0.1) is 0 Å². The maximum Gasteiger partial charge on any atom is 0.428 e. The fourth-order valence-electron chi connectivity index (χ4n) is 1.04. The average molecular weight is 461 g/mol. The third-order valence-corrected chi connectivity index (χ3v) is 9.06. The first-order chi connectivity index (χ1) is 9.93. The number of thiol groups is 2. The van der Waals surface area contributed by atoms with E-state index in [1.165, 1.54) is 25.7 Å². The van der Waals surface area contributed by atoms with Gasteiger partial charge in [0, 0.05) is 11.8 Å². The molecule has 0 aliphatic carbocycles. The van der Waals surface area contributed by atoms with E-state index in [0.29, 0.717) is 15.3 Å². The van der Waals surface area contributed by atoms with Crippen LogP contribution in [0.5, 0.6) is 0 Å². The standard InChI is InChI=1S/C5H6O4S3.2C4H9.Sn/c6-3(7)1-11-5(10)12-2-4(8)9;2*1-3-4-2;/h1-2H2,(H,6,7)(H,8,9);2*1,3-4H2,2H3;/p+2. The molecule has 2 radical (unpaired) electrons. The van der Waals surface area contributed by atoms with Crippen LogP contribution in [0.3, 0.4) is 0 Å². The van der Waals surface area contributed by atoms with Crippen LogP contribution in [0.1, 0.15) is 39.5 Å². The van der Waals surface area contributed by atoms with Gasteiger partial charge < -0.3 is 10.2 Å². The van der Waals surface area contributed by atoms with Crippen LogP contribution in [0.15, 0.2) is 0 Å². The second-order valence-electron chi connectivity index (χ2n) is 4.13. The van der Waals surface area contributed by atoms with Crippen molar-refractivity contribution >= 4 is 72.4 Å². The molecule has 0 amide bonds. The molecule has 0 aromatic rings. The van der Waals surface area contributed by atoms with Crippen molar-refractivity contribution in [1.82, 2.24) is 0 Å². The van der Waals surface area contributed by atoms with Crippen LogP contribution < -0.4 is 0 Å². The van der Waals surface area contributed by atoms with Crippen LogP contribution in [-0.2, 0) is 33.6 Å². The molecule has 2 N–H and O–H groups in total. The molecular formula is C13H26O4S3Sn+2. The summed E-state index contributed by atoms with van der Waals surface area (Å²) in [5, 5.41) is 16.5. The Morgan fingerprint density at radius 3 is 2.00 bits per heavy atom. The Morgan fingerprint density at radius 2 is 1.62 bits per heavy atom. The maximum absolute atomic E-state index is 10.1. The molecule has 0 aliphatic heterocycles. The summed E-state index contributed by atoms with van der Waals surface area (Å²) in [6.07, 6.45) is 5.84. The summed E-state index contributed by atoms with van der Waals surface area (Å²) in [7, 11) is 0. The van der Waals surface area contributed by atoms with Gasteiger partial charge in [-0.25, -0.2) is 4.79 Å². The Hall–Kier alpha value is 0.529. The molecule has 0 saturated carbocycles. The third kappa shape index (κ3) is 25.8. The fourth-order valence-corrected chi connectivity index (χ4v) is 6.88. The molecule has 0 spiro atoms. The van der Waals surface area contributed by atoms with Crippen molar-refractivity contribution in [3.8, 4) is 0 Å². The molecule has 0 aromatic heterocycles. The van der Waals surface area contributed by atoms with Gasteiger partial charge in [-0.05, 0) is 0 Å². The van der Waals surface area contributed by atoms with E-state index in [9.17, 15) is 9.59 Å². The number of hydrogen-bond acceptors (Lipinski definition) is 3. The SMILES string of the molecule is CCC[CH2][Sn][CH2]CCC.O=C(O)CSC(=[SH+])[SH+]CC(=O)O. The molecule has 0 fully saturated rings. The van der Waals surface area contributed by atoms with E-state index in [-0.39, 0.29) is 32.6 Å². The van der Waals surface area contributed by atoms with Gasteiger partial charge in [-0.2, -0.15) is 0 Å². The fraction of sp³-hybridized carbons (Fsp3) is 0.769. The summed E-state index contributed by atoms with van der Waals surface area (Å²) in [6.45, 7) is 4.58. The summed E-state index contributed by atoms with van der Waals surface area (Å²) in [5.74, 6) is -1.96. The van der Waals surface area contributed by atoms with E-state index in [1.54, 1.807) is 8.87 Å². The predicted molar refractivity (Wildman–Crippen MR) is 100 cm³/mol. The van der Waals surface area contributed by atoms with Gasteiger partial charge in [-0.1, -0.05) is 0 Å². The summed E-state index contributed by atoms with van der Waals surface area (Å²) in [4.78, 5) is 20.1. The molecule has 8 heteroatoms. The molecule has 122 valence electrons. The number of aliphatic carboxylic acids is 2. The number of thioether (sulfide) groups is 1. The monoisotopic (exact) mass is 462 g/mol. The molecule has 0 heterocycles. The van der Waals surface area contributed by atoms with Gasteiger partial charge in [0.25, 0.3) is 0 Å². The molecule has 4 nitrogen and oxygen atoms in total.